The predicted octanol–water partition coefficient (Wildman–Crippen LogP) is 3.55. The van der Waals surface area contributed by atoms with E-state index < -0.39 is 22.0 Å². The van der Waals surface area contributed by atoms with Gasteiger partial charge in [0, 0.05) is 21.6 Å². The van der Waals surface area contributed by atoms with E-state index in [1.54, 1.807) is 43.3 Å². The van der Waals surface area contributed by atoms with Crippen molar-refractivity contribution in [3.05, 3.63) is 87.7 Å². The Morgan fingerprint density at radius 2 is 1.58 bits per heavy atom. The molecule has 3 rings (SSSR count). The molecule has 0 heterocycles. The van der Waals surface area contributed by atoms with E-state index in [1.807, 2.05) is 6.07 Å². The Bertz CT molecular complexity index is 866. The zero-order valence-electron chi connectivity index (χ0n) is 14.2. The Kier molecular flexibility index (Phi) is 4.67. The SMILES string of the molecule is CCOC=C(CC1([N+](=O)[O-])C(=O)c2ccccc2C1=O)c1ccccc1. The summed E-state index contributed by atoms with van der Waals surface area (Å²) in [7, 11) is 0. The Labute approximate surface area is 150 Å². The number of rotatable bonds is 6. The first-order valence-corrected chi connectivity index (χ1v) is 8.21. The average Bonchev–Trinajstić information content (AvgIpc) is 2.88. The number of benzene rings is 2. The number of hydrogen-bond acceptors (Lipinski definition) is 5. The fraction of sp³-hybridized carbons (Fsp3) is 0.200. The van der Waals surface area contributed by atoms with Crippen LogP contribution in [-0.2, 0) is 4.74 Å². The number of carbonyl (C=O) groups is 2. The lowest BCUT2D eigenvalue weighted by molar-refractivity contribution is -0.528. The highest BCUT2D eigenvalue weighted by Gasteiger charge is 2.63. The highest BCUT2D eigenvalue weighted by Crippen LogP contribution is 2.39. The van der Waals surface area contributed by atoms with Crippen LogP contribution in [0.4, 0.5) is 0 Å². The van der Waals surface area contributed by atoms with Crippen LogP contribution in [0, 0.1) is 10.1 Å². The number of nitro groups is 1. The van der Waals surface area contributed by atoms with E-state index in [4.69, 9.17) is 4.74 Å². The molecule has 0 bridgehead atoms. The van der Waals surface area contributed by atoms with Gasteiger partial charge in [-0.1, -0.05) is 54.6 Å². The quantitative estimate of drug-likeness (QED) is 0.344. The second-order valence-electron chi connectivity index (χ2n) is 5.96. The molecule has 0 atom stereocenters. The lowest BCUT2D eigenvalue weighted by Gasteiger charge is -2.19. The molecule has 0 saturated carbocycles. The number of fused-ring (bicyclic) bond motifs is 1. The first-order chi connectivity index (χ1) is 12.5. The van der Waals surface area contributed by atoms with Gasteiger partial charge in [0.05, 0.1) is 19.3 Å². The van der Waals surface area contributed by atoms with Gasteiger partial charge < -0.3 is 4.74 Å². The van der Waals surface area contributed by atoms with Gasteiger partial charge in [-0.05, 0) is 12.5 Å². The normalized spacial score (nSPS) is 15.7. The molecule has 0 N–H and O–H groups in total. The molecule has 6 nitrogen and oxygen atoms in total. The second kappa shape index (κ2) is 6.92. The maximum Gasteiger partial charge on any atom is 0.349 e. The minimum atomic E-state index is -2.36. The van der Waals surface area contributed by atoms with E-state index in [0.717, 1.165) is 0 Å². The van der Waals surface area contributed by atoms with Crippen molar-refractivity contribution in [3.63, 3.8) is 0 Å². The van der Waals surface area contributed by atoms with Crippen molar-refractivity contribution in [2.24, 2.45) is 0 Å². The molecular formula is C20H17NO5. The van der Waals surface area contributed by atoms with Crippen LogP contribution in [0.2, 0.25) is 0 Å². The number of Topliss-reactive ketones (excluding diaryl/α,β-unsaturated/α-hetero) is 2. The summed E-state index contributed by atoms with van der Waals surface area (Å²) in [6.07, 6.45) is 1.03. The average molecular weight is 351 g/mol. The number of carbonyl (C=O) groups excluding carboxylic acids is 2. The molecule has 0 aliphatic heterocycles. The molecule has 132 valence electrons. The van der Waals surface area contributed by atoms with Gasteiger partial charge in [-0.3, -0.25) is 19.7 Å². The van der Waals surface area contributed by atoms with Gasteiger partial charge in [-0.25, -0.2) is 0 Å². The van der Waals surface area contributed by atoms with Crippen molar-refractivity contribution in [2.45, 2.75) is 18.9 Å². The first-order valence-electron chi connectivity index (χ1n) is 8.21. The van der Waals surface area contributed by atoms with Gasteiger partial charge >= 0.3 is 5.54 Å². The van der Waals surface area contributed by atoms with Crippen molar-refractivity contribution < 1.29 is 19.2 Å². The van der Waals surface area contributed by atoms with E-state index in [2.05, 4.69) is 0 Å². The van der Waals surface area contributed by atoms with Gasteiger partial charge in [0.25, 0.3) is 0 Å². The molecule has 0 unspecified atom stereocenters. The third-order valence-electron chi connectivity index (χ3n) is 4.46. The molecule has 0 aromatic heterocycles. The van der Waals surface area contributed by atoms with Crippen molar-refractivity contribution in [1.29, 1.82) is 0 Å². The lowest BCUT2D eigenvalue weighted by Crippen LogP contribution is -2.49. The first kappa shape index (κ1) is 17.5. The van der Waals surface area contributed by atoms with Gasteiger partial charge in [-0.15, -0.1) is 0 Å². The Morgan fingerprint density at radius 3 is 2.08 bits per heavy atom. The van der Waals surface area contributed by atoms with E-state index in [1.165, 1.54) is 18.4 Å². The molecule has 0 amide bonds. The van der Waals surface area contributed by atoms with Gasteiger partial charge in [0.2, 0.25) is 11.6 Å². The Balaban J connectivity index is 2.10. The largest absolute Gasteiger partial charge is 0.501 e. The topological polar surface area (TPSA) is 86.5 Å². The minimum Gasteiger partial charge on any atom is -0.501 e. The van der Waals surface area contributed by atoms with E-state index in [0.29, 0.717) is 17.7 Å². The summed E-state index contributed by atoms with van der Waals surface area (Å²) in [4.78, 5) is 36.9. The summed E-state index contributed by atoms with van der Waals surface area (Å²) in [6, 6.07) is 15.0. The molecule has 2 aromatic carbocycles. The fourth-order valence-electron chi connectivity index (χ4n) is 3.14. The van der Waals surface area contributed by atoms with Crippen LogP contribution < -0.4 is 0 Å². The third-order valence-corrected chi connectivity index (χ3v) is 4.46. The summed E-state index contributed by atoms with van der Waals surface area (Å²) >= 11 is 0. The van der Waals surface area contributed by atoms with Crippen molar-refractivity contribution in [2.75, 3.05) is 6.61 Å². The molecule has 0 radical (unpaired) electrons. The number of hydrogen-bond donors (Lipinski definition) is 0. The molecule has 0 fully saturated rings. The van der Waals surface area contributed by atoms with Crippen LogP contribution in [0.3, 0.4) is 0 Å². The number of nitrogens with zero attached hydrogens (tertiary/aromatic N) is 1. The van der Waals surface area contributed by atoms with E-state index in [9.17, 15) is 19.7 Å². The van der Waals surface area contributed by atoms with Gasteiger partial charge in [0.1, 0.15) is 0 Å². The summed E-state index contributed by atoms with van der Waals surface area (Å²) in [6.45, 7) is 2.15. The maximum absolute atomic E-state index is 12.9. The molecule has 1 aliphatic carbocycles. The van der Waals surface area contributed by atoms with Crippen molar-refractivity contribution in [1.82, 2.24) is 0 Å². The van der Waals surface area contributed by atoms with E-state index >= 15 is 0 Å². The molecular weight excluding hydrogens is 334 g/mol. The third kappa shape index (κ3) is 2.69. The lowest BCUT2D eigenvalue weighted by atomic mass is 9.84. The summed E-state index contributed by atoms with van der Waals surface area (Å²) in [5.74, 6) is -1.55. The van der Waals surface area contributed by atoms with Crippen LogP contribution >= 0.6 is 0 Å². The monoisotopic (exact) mass is 351 g/mol. The summed E-state index contributed by atoms with van der Waals surface area (Å²) in [5.41, 5.74) is -1.07. The molecule has 0 spiro atoms. The smallest absolute Gasteiger partial charge is 0.349 e. The van der Waals surface area contributed by atoms with Crippen LogP contribution in [0.15, 0.2) is 60.9 Å². The Hall–Kier alpha value is -3.28. The van der Waals surface area contributed by atoms with Crippen LogP contribution in [-0.4, -0.2) is 28.6 Å². The second-order valence-corrected chi connectivity index (χ2v) is 5.96. The van der Waals surface area contributed by atoms with Crippen molar-refractivity contribution in [3.8, 4) is 0 Å². The van der Waals surface area contributed by atoms with Crippen LogP contribution in [0.1, 0.15) is 39.6 Å². The van der Waals surface area contributed by atoms with Gasteiger partial charge in [0.15, 0.2) is 0 Å². The van der Waals surface area contributed by atoms with Gasteiger partial charge in [-0.2, -0.15) is 0 Å². The Morgan fingerprint density at radius 1 is 1.04 bits per heavy atom. The minimum absolute atomic E-state index is 0.0954. The predicted molar refractivity (Wildman–Crippen MR) is 95.5 cm³/mol. The summed E-state index contributed by atoms with van der Waals surface area (Å²) < 4.78 is 5.33. The molecule has 2 aromatic rings. The summed E-state index contributed by atoms with van der Waals surface area (Å²) in [5, 5.41) is 11.9. The number of ketones is 2. The molecule has 6 heteroatoms. The van der Waals surface area contributed by atoms with Crippen molar-refractivity contribution >= 4 is 17.1 Å². The molecule has 26 heavy (non-hydrogen) atoms. The highest BCUT2D eigenvalue weighted by molar-refractivity contribution is 6.32. The van der Waals surface area contributed by atoms with Crippen LogP contribution in [0.25, 0.3) is 5.57 Å². The fourth-order valence-corrected chi connectivity index (χ4v) is 3.14. The zero-order valence-corrected chi connectivity index (χ0v) is 14.2. The molecule has 1 aliphatic rings. The number of ether oxygens (including phenoxy) is 1. The zero-order chi connectivity index (χ0) is 18.7. The maximum atomic E-state index is 12.9. The van der Waals surface area contributed by atoms with Crippen LogP contribution in [0.5, 0.6) is 0 Å². The standard InChI is InChI=1S/C20H17NO5/c1-2-26-13-15(14-8-4-3-5-9-14)12-20(21(24)25)18(22)16-10-6-7-11-17(16)19(20)23/h3-11,13H,2,12H2,1H3. The van der Waals surface area contributed by atoms with E-state index in [-0.39, 0.29) is 17.5 Å². The highest BCUT2D eigenvalue weighted by atomic mass is 16.6. The molecule has 0 saturated heterocycles.